The summed E-state index contributed by atoms with van der Waals surface area (Å²) in [6.07, 6.45) is 12.3. The third-order valence-electron chi connectivity index (χ3n) is 26.7. The van der Waals surface area contributed by atoms with Crippen LogP contribution in [0.4, 0.5) is 0 Å². The minimum Gasteiger partial charge on any atom is -0.380 e. The van der Waals surface area contributed by atoms with Crippen LogP contribution < -0.4 is 0 Å². The first kappa shape index (κ1) is 112. The number of imidazole rings is 1. The van der Waals surface area contributed by atoms with Gasteiger partial charge in [-0.25, -0.2) is 9.97 Å². The molecular weight excluding hydrogens is 1590 g/mol. The molecule has 0 radical (unpaired) electrons. The van der Waals surface area contributed by atoms with Crippen LogP contribution in [0.1, 0.15) is 386 Å². The van der Waals surface area contributed by atoms with Crippen molar-refractivity contribution in [3.63, 3.8) is 0 Å². The highest BCUT2D eigenvalue weighted by Gasteiger charge is 2.50. The molecule has 9 heteroatoms. The zero-order chi connectivity index (χ0) is 97.2. The summed E-state index contributed by atoms with van der Waals surface area (Å²) in [7, 11) is 4.16. The molecule has 129 heavy (non-hydrogen) atoms. The van der Waals surface area contributed by atoms with Gasteiger partial charge in [0, 0.05) is 87.1 Å². The van der Waals surface area contributed by atoms with E-state index in [1.165, 1.54) is 214 Å². The third-order valence-corrected chi connectivity index (χ3v) is 28.1. The van der Waals surface area contributed by atoms with Crippen molar-refractivity contribution in [1.82, 2.24) is 33.5 Å². The minimum absolute atomic E-state index is 0.151. The monoisotopic (exact) mass is 1770 g/mol. The molecular formula is C120H185N7OS. The molecule has 7 aromatic carbocycles. The lowest BCUT2D eigenvalue weighted by atomic mass is 9.51. The van der Waals surface area contributed by atoms with Crippen molar-refractivity contribution in [1.29, 1.82) is 0 Å². The van der Waals surface area contributed by atoms with Gasteiger partial charge in [-0.3, -0.25) is 0 Å². The van der Waals surface area contributed by atoms with Gasteiger partial charge in [0.15, 0.2) is 0 Å². The van der Waals surface area contributed by atoms with Gasteiger partial charge < -0.3 is 28.2 Å². The molecule has 8 nitrogen and oxygen atoms in total. The second kappa shape index (κ2) is 51.0. The maximum Gasteiger partial charge on any atom is 0.0945 e. The predicted octanol–water partition coefficient (Wildman–Crippen LogP) is 34.0. The van der Waals surface area contributed by atoms with Crippen LogP contribution in [0.15, 0.2) is 152 Å². The van der Waals surface area contributed by atoms with Gasteiger partial charge in [0.2, 0.25) is 0 Å². The molecule has 15 rings (SSSR count). The van der Waals surface area contributed by atoms with Crippen LogP contribution in [-0.4, -0.2) is 84.9 Å². The van der Waals surface area contributed by atoms with Gasteiger partial charge in [-0.2, -0.15) is 0 Å². The number of likely N-dealkylation sites (tertiary alicyclic amines) is 2. The third kappa shape index (κ3) is 34.4. The largest absolute Gasteiger partial charge is 0.380 e. The number of benzene rings is 7. The van der Waals surface area contributed by atoms with Crippen LogP contribution >= 0.6 is 11.3 Å². The highest BCUT2D eigenvalue weighted by molar-refractivity contribution is 7.11. The summed E-state index contributed by atoms with van der Waals surface area (Å²) in [6.45, 7) is 96.1. The molecule has 7 heterocycles. The van der Waals surface area contributed by atoms with Crippen LogP contribution in [0.2, 0.25) is 0 Å². The zero-order valence-corrected chi connectivity index (χ0v) is 91.0. The lowest BCUT2D eigenvalue weighted by Crippen LogP contribution is -2.52. The fraction of sp³-hybridized carbons (Fsp3) is 0.567. The maximum atomic E-state index is 5.29. The van der Waals surface area contributed by atoms with Crippen molar-refractivity contribution < 1.29 is 4.74 Å². The molecule has 0 bridgehead atoms. The molecule has 2 spiro atoms. The van der Waals surface area contributed by atoms with E-state index in [4.69, 9.17) is 4.74 Å². The molecule has 712 valence electrons. The maximum absolute atomic E-state index is 5.29. The normalized spacial score (nSPS) is 14.9. The van der Waals surface area contributed by atoms with Crippen LogP contribution in [0.5, 0.6) is 0 Å². The summed E-state index contributed by atoms with van der Waals surface area (Å²) >= 11 is 1.81. The van der Waals surface area contributed by atoms with E-state index in [0.29, 0.717) is 58.2 Å². The number of ether oxygens (including phenoxy) is 1. The number of nitrogens with zero attached hydrogens (tertiary/aromatic N) is 7. The fourth-order valence-electron chi connectivity index (χ4n) is 20.1. The highest BCUT2D eigenvalue weighted by Crippen LogP contribution is 2.59. The lowest BCUT2D eigenvalue weighted by molar-refractivity contribution is -0.141. The first-order valence-corrected chi connectivity index (χ1v) is 50.3. The van der Waals surface area contributed by atoms with E-state index in [1.54, 1.807) is 0 Å². The summed E-state index contributed by atoms with van der Waals surface area (Å²) in [5, 5.41) is 3.92. The molecule has 1 saturated carbocycles. The van der Waals surface area contributed by atoms with E-state index < -0.39 is 0 Å². The van der Waals surface area contributed by atoms with E-state index in [-0.39, 0.29) is 5.54 Å². The van der Waals surface area contributed by atoms with Gasteiger partial charge in [0.1, 0.15) is 0 Å². The molecule has 11 aromatic rings. The lowest BCUT2D eigenvalue weighted by Gasteiger charge is -2.57. The van der Waals surface area contributed by atoms with Crippen LogP contribution in [0, 0.1) is 120 Å². The number of hydrogen-bond donors (Lipinski definition) is 0. The van der Waals surface area contributed by atoms with Gasteiger partial charge in [-0.05, 0) is 361 Å². The minimum atomic E-state index is 0.151. The number of para-hydroxylation sites is 1. The topological polar surface area (TPSA) is 56.3 Å². The van der Waals surface area contributed by atoms with Gasteiger partial charge in [0.25, 0.3) is 0 Å². The Labute approximate surface area is 795 Å². The Morgan fingerprint density at radius 2 is 0.814 bits per heavy atom. The van der Waals surface area contributed by atoms with E-state index >= 15 is 0 Å². The van der Waals surface area contributed by atoms with E-state index in [9.17, 15) is 0 Å². The van der Waals surface area contributed by atoms with Crippen molar-refractivity contribution in [3.8, 4) is 0 Å². The number of thiazole rings is 1. The summed E-state index contributed by atoms with van der Waals surface area (Å²) in [5.41, 5.74) is 34.1. The molecule has 0 N–H and O–H groups in total. The SMILES string of the molecule is CC(C)N1CCC2(CC1)CC(C)(C)C2.CC(C)N1CCC2(CC1)COC2.CC(C)c1cncn1C.Cc1c(C)n(C(C)(C)C)c2ccccc12.Cc1cc(C)c(C(C)C)c(C)c1.Cc1cc(C)c(C(C)C)c(C)c1.Cc1ccc(C(C)C)c(C)c1.Cc1ccc(C(C)C)cc1.Cc1ccc(C(C)C)cc1.Cc1ccc2c(c1)cc(C(C)C)n2C.Cc1nc(C)c(C(C)C)s1. The molecule has 0 unspecified atom stereocenters. The number of piperidine rings is 2. The Balaban J connectivity index is 0.000000252. The number of rotatable bonds is 10. The molecule has 4 aromatic heterocycles. The summed E-state index contributed by atoms with van der Waals surface area (Å²) in [5.74, 6) is 5.05. The van der Waals surface area contributed by atoms with E-state index in [1.807, 2.05) is 35.5 Å². The van der Waals surface area contributed by atoms with E-state index in [2.05, 4.69) is 452 Å². The van der Waals surface area contributed by atoms with Gasteiger partial charge >= 0.3 is 0 Å². The number of aryl methyl sites for hydroxylation is 16. The summed E-state index contributed by atoms with van der Waals surface area (Å²) in [6, 6.07) is 52.2. The number of hydrogen-bond acceptors (Lipinski definition) is 6. The molecule has 1 aliphatic carbocycles. The van der Waals surface area contributed by atoms with Crippen molar-refractivity contribution in [2.45, 2.75) is 380 Å². The van der Waals surface area contributed by atoms with Crippen LogP contribution in [0.25, 0.3) is 21.8 Å². The van der Waals surface area contributed by atoms with Gasteiger partial charge in [0.05, 0.1) is 30.2 Å². The van der Waals surface area contributed by atoms with Crippen molar-refractivity contribution in [2.24, 2.45) is 30.3 Å². The van der Waals surface area contributed by atoms with Crippen molar-refractivity contribution in [2.75, 3.05) is 39.4 Å². The first-order valence-electron chi connectivity index (χ1n) is 49.5. The first-order chi connectivity index (χ1) is 60.0. The molecule has 0 atom stereocenters. The molecule has 4 aliphatic rings. The highest BCUT2D eigenvalue weighted by atomic mass is 32.1. The summed E-state index contributed by atoms with van der Waals surface area (Å²) in [4.78, 5) is 15.0. The Morgan fingerprint density at radius 3 is 1.14 bits per heavy atom. The fourth-order valence-corrected chi connectivity index (χ4v) is 21.0. The quantitative estimate of drug-likeness (QED) is 0.137. The van der Waals surface area contributed by atoms with Gasteiger partial charge in [-0.15, -0.1) is 11.3 Å². The average molecular weight is 1770 g/mol. The Morgan fingerprint density at radius 1 is 0.403 bits per heavy atom. The van der Waals surface area contributed by atoms with Crippen molar-refractivity contribution in [3.05, 3.63) is 279 Å². The molecule has 3 saturated heterocycles. The van der Waals surface area contributed by atoms with Crippen LogP contribution in [-0.2, 0) is 24.4 Å². The number of fused-ring (bicyclic) bond motifs is 2. The van der Waals surface area contributed by atoms with Crippen LogP contribution in [0.3, 0.4) is 0 Å². The molecule has 3 aliphatic heterocycles. The zero-order valence-electron chi connectivity index (χ0n) is 90.1. The second-order valence-corrected chi connectivity index (χ2v) is 45.1. The van der Waals surface area contributed by atoms with Gasteiger partial charge in [-0.1, -0.05) is 273 Å². The average Bonchev–Trinajstić information content (AvgIpc) is 0.823. The van der Waals surface area contributed by atoms with Crippen molar-refractivity contribution >= 4 is 33.1 Å². The predicted molar refractivity (Wildman–Crippen MR) is 572 cm³/mol. The molecule has 0 amide bonds. The smallest absolute Gasteiger partial charge is 0.0945 e. The Bertz CT molecular complexity index is 4970. The second-order valence-electron chi connectivity index (χ2n) is 43.9. The summed E-state index contributed by atoms with van der Waals surface area (Å²) < 4.78 is 12.1. The Hall–Kier alpha value is -7.66. The molecule has 4 fully saturated rings. The number of aromatic nitrogens is 5. The standard InChI is InChI=1S/C14H19N.C13H25N.C13H17N.2C12H18.C11H16.C10H19NO.2C10H14.C8H13NS.C7H12N2/c1-10-11(2)15(14(3,4)5)13-9-7-6-8-12(10)13;1-11(2)14-7-5-13(6-8-14)9-12(3,4)10-13;1-9(2)13-8-11-7-10(3)5-6-12(11)14(13)4;2*1-8(2)12-10(4)6-9(3)7-11(12)5;1-8(2)11-6-5-9(3)7-10(11)4;1-9(2)11-5-3-10(4-6-11)7-12-8-10;2*1-8(2)10-6-4-9(3)5-7-10;1-5(2)8-6(3)9-7(4)10-8;1-6(2)7-4-8-5-9(7)3/h6-9H,1-5H3;11H,5-10H2,1-4H3;5-9H,1-4H3;2*6-8H,1-5H3;5-8H,1-4H3;9H,3-8H2,1-2H3;2*4-8H,1-3H3;5H,1-4H3;4-6H,1-3H3. The van der Waals surface area contributed by atoms with E-state index in [0.717, 1.165) is 30.7 Å². The Kier molecular flexibility index (Phi) is 44.2.